The molecule has 0 aromatic rings. The van der Waals surface area contributed by atoms with Crippen molar-refractivity contribution >= 4 is 26.9 Å². The van der Waals surface area contributed by atoms with Gasteiger partial charge in [0, 0.05) is 0 Å². The van der Waals surface area contributed by atoms with E-state index in [2.05, 4.69) is 0 Å². The van der Waals surface area contributed by atoms with Crippen molar-refractivity contribution in [1.29, 1.82) is 0 Å². The molecule has 1 rings (SSSR count). The molecule has 1 heterocycles. The van der Waals surface area contributed by atoms with Gasteiger partial charge in [0.15, 0.2) is 0 Å². The van der Waals surface area contributed by atoms with E-state index in [4.69, 9.17) is 10.2 Å². The second kappa shape index (κ2) is 3.92. The van der Waals surface area contributed by atoms with E-state index in [0.29, 0.717) is 12.8 Å². The summed E-state index contributed by atoms with van der Waals surface area (Å²) >= 11 is -0.268. The number of hydrogen-bond donors (Lipinski definition) is 2. The molecule has 2 unspecified atom stereocenters. The summed E-state index contributed by atoms with van der Waals surface area (Å²) in [4.78, 5) is 20.3. The standard InChI is InChI=1S/C7H10O4Se/c8-6(9)4-2-1-3-5(12-4)7(10)11/h4-5H,1-3H2,(H,8,9)(H,10,11). The third kappa shape index (κ3) is 2.22. The maximum atomic E-state index is 10.5. The number of carbonyl (C=O) groups is 2. The van der Waals surface area contributed by atoms with Gasteiger partial charge in [-0.25, -0.2) is 0 Å². The first-order valence-corrected chi connectivity index (χ1v) is 5.70. The van der Waals surface area contributed by atoms with E-state index in [0.717, 1.165) is 6.42 Å². The van der Waals surface area contributed by atoms with Gasteiger partial charge in [-0.2, -0.15) is 0 Å². The Bertz CT molecular complexity index is 184. The van der Waals surface area contributed by atoms with E-state index < -0.39 is 11.9 Å². The summed E-state index contributed by atoms with van der Waals surface area (Å²) in [6, 6.07) is 0. The van der Waals surface area contributed by atoms with Crippen molar-refractivity contribution in [3.05, 3.63) is 0 Å². The Balaban J connectivity index is 2.51. The Kier molecular flexibility index (Phi) is 3.12. The molecule has 0 aromatic heterocycles. The van der Waals surface area contributed by atoms with Crippen LogP contribution in [0.25, 0.3) is 0 Å². The van der Waals surface area contributed by atoms with E-state index in [1.807, 2.05) is 0 Å². The molecule has 0 radical (unpaired) electrons. The Morgan fingerprint density at radius 1 is 1.08 bits per heavy atom. The molecule has 12 heavy (non-hydrogen) atoms. The van der Waals surface area contributed by atoms with E-state index in [9.17, 15) is 9.59 Å². The predicted octanol–water partition coefficient (Wildman–Crippen LogP) is 0.621. The van der Waals surface area contributed by atoms with Crippen LogP contribution in [0, 0.1) is 0 Å². The summed E-state index contributed by atoms with van der Waals surface area (Å²) in [5, 5.41) is 17.3. The number of rotatable bonds is 2. The van der Waals surface area contributed by atoms with E-state index >= 15 is 0 Å². The fraction of sp³-hybridized carbons (Fsp3) is 0.714. The Labute approximate surface area is 76.1 Å². The molecule has 1 saturated heterocycles. The topological polar surface area (TPSA) is 74.6 Å². The van der Waals surface area contributed by atoms with Crippen molar-refractivity contribution in [3.8, 4) is 0 Å². The first-order valence-electron chi connectivity index (χ1n) is 3.72. The Morgan fingerprint density at radius 2 is 1.50 bits per heavy atom. The number of carboxylic acid groups (broad SMARTS) is 2. The molecule has 1 aliphatic rings. The van der Waals surface area contributed by atoms with E-state index in [-0.39, 0.29) is 24.6 Å². The third-order valence-electron chi connectivity index (χ3n) is 1.81. The number of carboxylic acids is 2. The van der Waals surface area contributed by atoms with Crippen molar-refractivity contribution < 1.29 is 19.8 Å². The van der Waals surface area contributed by atoms with Crippen LogP contribution in [-0.2, 0) is 9.59 Å². The minimum atomic E-state index is -0.832. The molecule has 1 fully saturated rings. The van der Waals surface area contributed by atoms with Crippen molar-refractivity contribution in [3.63, 3.8) is 0 Å². The summed E-state index contributed by atoms with van der Waals surface area (Å²) in [5.74, 6) is -1.66. The molecule has 0 aliphatic carbocycles. The van der Waals surface area contributed by atoms with Crippen LogP contribution >= 0.6 is 0 Å². The molecule has 68 valence electrons. The summed E-state index contributed by atoms with van der Waals surface area (Å²) < 4.78 is 0. The molecule has 5 heteroatoms. The molecule has 2 atom stereocenters. The van der Waals surface area contributed by atoms with Gasteiger partial charge in [-0.15, -0.1) is 0 Å². The average Bonchev–Trinajstić information content (AvgIpc) is 2.04. The fourth-order valence-corrected chi connectivity index (χ4v) is 3.78. The summed E-state index contributed by atoms with van der Waals surface area (Å²) in [6.07, 6.45) is 2.04. The maximum absolute atomic E-state index is 10.5. The summed E-state index contributed by atoms with van der Waals surface area (Å²) in [5.41, 5.74) is 0. The van der Waals surface area contributed by atoms with Gasteiger partial charge in [0.25, 0.3) is 0 Å². The van der Waals surface area contributed by atoms with Crippen LogP contribution in [-0.4, -0.2) is 37.1 Å². The van der Waals surface area contributed by atoms with Gasteiger partial charge in [0.2, 0.25) is 0 Å². The van der Waals surface area contributed by atoms with Crippen LogP contribution in [0.1, 0.15) is 19.3 Å². The predicted molar refractivity (Wildman–Crippen MR) is 42.4 cm³/mol. The zero-order valence-corrected chi connectivity index (χ0v) is 8.11. The van der Waals surface area contributed by atoms with Gasteiger partial charge < -0.3 is 0 Å². The van der Waals surface area contributed by atoms with Gasteiger partial charge in [0.05, 0.1) is 0 Å². The normalized spacial score (nSPS) is 29.7. The van der Waals surface area contributed by atoms with Gasteiger partial charge in [-0.1, -0.05) is 0 Å². The van der Waals surface area contributed by atoms with Crippen LogP contribution in [0.15, 0.2) is 0 Å². The monoisotopic (exact) mass is 238 g/mol. The molecular weight excluding hydrogens is 227 g/mol. The summed E-state index contributed by atoms with van der Waals surface area (Å²) in [6.45, 7) is 0. The van der Waals surface area contributed by atoms with Crippen molar-refractivity contribution in [2.45, 2.75) is 28.9 Å². The second-order valence-corrected chi connectivity index (χ2v) is 5.68. The summed E-state index contributed by atoms with van der Waals surface area (Å²) in [7, 11) is 0. The molecule has 4 nitrogen and oxygen atoms in total. The molecule has 1 aliphatic heterocycles. The quantitative estimate of drug-likeness (QED) is 0.690. The van der Waals surface area contributed by atoms with E-state index in [1.54, 1.807) is 0 Å². The van der Waals surface area contributed by atoms with Crippen molar-refractivity contribution in [2.24, 2.45) is 0 Å². The Morgan fingerprint density at radius 3 is 1.83 bits per heavy atom. The van der Waals surface area contributed by atoms with Crippen molar-refractivity contribution in [1.82, 2.24) is 0 Å². The first kappa shape index (κ1) is 9.55. The number of aliphatic carboxylic acids is 2. The molecule has 0 aromatic carbocycles. The van der Waals surface area contributed by atoms with Crippen LogP contribution < -0.4 is 0 Å². The molecule has 0 bridgehead atoms. The first-order chi connectivity index (χ1) is 5.61. The molecular formula is C7H10O4Se. The third-order valence-corrected chi connectivity index (χ3v) is 5.03. The van der Waals surface area contributed by atoms with Crippen LogP contribution in [0.4, 0.5) is 0 Å². The van der Waals surface area contributed by atoms with Crippen molar-refractivity contribution in [2.75, 3.05) is 0 Å². The number of hydrogen-bond acceptors (Lipinski definition) is 2. The molecule has 0 amide bonds. The minimum absolute atomic E-state index is 0.268. The van der Waals surface area contributed by atoms with Gasteiger partial charge in [0.1, 0.15) is 0 Å². The van der Waals surface area contributed by atoms with Crippen LogP contribution in [0.5, 0.6) is 0 Å². The average molecular weight is 237 g/mol. The molecule has 0 spiro atoms. The van der Waals surface area contributed by atoms with Crippen LogP contribution in [0.3, 0.4) is 0 Å². The van der Waals surface area contributed by atoms with Gasteiger partial charge in [-0.3, -0.25) is 0 Å². The Hall–Kier alpha value is -0.541. The zero-order valence-electron chi connectivity index (χ0n) is 6.40. The molecule has 0 saturated carbocycles. The zero-order chi connectivity index (χ0) is 9.14. The van der Waals surface area contributed by atoms with E-state index in [1.165, 1.54) is 0 Å². The second-order valence-electron chi connectivity index (χ2n) is 2.72. The van der Waals surface area contributed by atoms with Gasteiger partial charge in [-0.05, 0) is 0 Å². The fourth-order valence-electron chi connectivity index (χ4n) is 1.19. The molecule has 2 N–H and O–H groups in total. The van der Waals surface area contributed by atoms with Gasteiger partial charge >= 0.3 is 75.6 Å². The SMILES string of the molecule is O=C(O)C1CCCC(C(=O)O)[Se]1. The van der Waals surface area contributed by atoms with Crippen LogP contribution in [0.2, 0.25) is 9.63 Å².